The predicted molar refractivity (Wildman–Crippen MR) is 94.0 cm³/mol. The first kappa shape index (κ1) is 13.8. The zero-order chi connectivity index (χ0) is 14.7. The van der Waals surface area contributed by atoms with E-state index in [0.717, 1.165) is 22.4 Å². The number of nitrogens with one attached hydrogen (secondary N) is 1. The van der Waals surface area contributed by atoms with Crippen molar-refractivity contribution < 1.29 is 0 Å². The molecule has 1 N–H and O–H groups in total. The molecule has 0 spiro atoms. The Bertz CT molecular complexity index is 770. The van der Waals surface area contributed by atoms with E-state index >= 15 is 0 Å². The smallest absolute Gasteiger partial charge is 0.0460 e. The lowest BCUT2D eigenvalue weighted by Crippen LogP contribution is -2.04. The van der Waals surface area contributed by atoms with E-state index in [1.165, 1.54) is 10.9 Å². The maximum Gasteiger partial charge on any atom is 0.0460 e. The minimum atomic E-state index is 0.257. The van der Waals surface area contributed by atoms with Crippen LogP contribution in [0, 0.1) is 0 Å². The number of H-pyrrole nitrogens is 1. The second kappa shape index (κ2) is 6.06. The van der Waals surface area contributed by atoms with Crippen LogP contribution in [0.1, 0.15) is 23.5 Å². The first-order valence-electron chi connectivity index (χ1n) is 7.06. The minimum Gasteiger partial charge on any atom is -0.361 e. The van der Waals surface area contributed by atoms with Crippen LogP contribution in [-0.2, 0) is 0 Å². The van der Waals surface area contributed by atoms with Crippen LogP contribution in [0.3, 0.4) is 0 Å². The van der Waals surface area contributed by atoms with Crippen molar-refractivity contribution in [2.45, 2.75) is 12.3 Å². The molecule has 0 saturated carbocycles. The summed E-state index contributed by atoms with van der Waals surface area (Å²) in [5, 5.41) is 1.19. The highest BCUT2D eigenvalue weighted by molar-refractivity contribution is 7.80. The molecule has 0 amide bonds. The van der Waals surface area contributed by atoms with E-state index in [2.05, 4.69) is 48.0 Å². The molecule has 0 fully saturated rings. The molecular weight excluding hydrogens is 274 g/mol. The highest BCUT2D eigenvalue weighted by atomic mass is 32.1. The summed E-state index contributed by atoms with van der Waals surface area (Å²) in [5.41, 5.74) is 3.52. The van der Waals surface area contributed by atoms with Crippen LogP contribution in [0.15, 0.2) is 73.4 Å². The van der Waals surface area contributed by atoms with Gasteiger partial charge in [-0.1, -0.05) is 66.8 Å². The van der Waals surface area contributed by atoms with Gasteiger partial charge in [-0.2, -0.15) is 0 Å². The zero-order valence-electron chi connectivity index (χ0n) is 11.8. The summed E-state index contributed by atoms with van der Waals surface area (Å²) in [5.74, 6) is 0.257. The third-order valence-electron chi connectivity index (χ3n) is 3.81. The van der Waals surface area contributed by atoms with Crippen molar-refractivity contribution in [2.24, 2.45) is 0 Å². The number of fused-ring (bicyclic) bond motifs is 1. The quantitative estimate of drug-likeness (QED) is 0.386. The maximum absolute atomic E-state index is 5.68. The van der Waals surface area contributed by atoms with E-state index in [9.17, 15) is 0 Å². The van der Waals surface area contributed by atoms with E-state index in [4.69, 9.17) is 12.2 Å². The molecule has 3 rings (SSSR count). The maximum atomic E-state index is 5.68. The molecular formula is C19H17NS. The van der Waals surface area contributed by atoms with Gasteiger partial charge in [-0.15, -0.1) is 6.58 Å². The van der Waals surface area contributed by atoms with Crippen LogP contribution in [0.5, 0.6) is 0 Å². The van der Waals surface area contributed by atoms with Crippen molar-refractivity contribution in [1.29, 1.82) is 0 Å². The first-order chi connectivity index (χ1) is 10.3. The Kier molecular flexibility index (Phi) is 3.98. The lowest BCUT2D eigenvalue weighted by atomic mass is 9.92. The third kappa shape index (κ3) is 2.81. The van der Waals surface area contributed by atoms with Crippen LogP contribution in [0.4, 0.5) is 0 Å². The average molecular weight is 291 g/mol. The molecule has 21 heavy (non-hydrogen) atoms. The second-order valence-corrected chi connectivity index (χ2v) is 5.62. The topological polar surface area (TPSA) is 15.8 Å². The van der Waals surface area contributed by atoms with E-state index in [0.29, 0.717) is 0 Å². The van der Waals surface area contributed by atoms with Gasteiger partial charge in [0.15, 0.2) is 0 Å². The van der Waals surface area contributed by atoms with E-state index in [-0.39, 0.29) is 5.92 Å². The lowest BCUT2D eigenvalue weighted by Gasteiger charge is -2.13. The average Bonchev–Trinajstić information content (AvgIpc) is 2.97. The summed E-state index contributed by atoms with van der Waals surface area (Å²) < 4.78 is 0. The molecule has 0 radical (unpaired) electrons. The number of thiocarbonyl (C=S) groups is 1. The van der Waals surface area contributed by atoms with Crippen LogP contribution in [0.2, 0.25) is 0 Å². The minimum absolute atomic E-state index is 0.257. The Labute approximate surface area is 130 Å². The predicted octanol–water partition coefficient (Wildman–Crippen LogP) is 5.25. The fraction of sp³-hybridized carbons (Fsp3) is 0.105. The number of rotatable bonds is 5. The highest BCUT2D eigenvalue weighted by Crippen LogP contribution is 2.26. The summed E-state index contributed by atoms with van der Waals surface area (Å²) in [4.78, 5) is 4.26. The monoisotopic (exact) mass is 291 g/mol. The second-order valence-electron chi connectivity index (χ2n) is 5.13. The van der Waals surface area contributed by atoms with Gasteiger partial charge in [0.05, 0.1) is 0 Å². The van der Waals surface area contributed by atoms with Gasteiger partial charge in [-0.25, -0.2) is 0 Å². The summed E-state index contributed by atoms with van der Waals surface area (Å²) in [6.45, 7) is 3.97. The van der Waals surface area contributed by atoms with Crippen molar-refractivity contribution in [2.75, 3.05) is 0 Å². The number of aromatic nitrogens is 1. The molecule has 2 aromatic carbocycles. The summed E-state index contributed by atoms with van der Waals surface area (Å²) in [6, 6.07) is 18.7. The molecule has 1 aromatic heterocycles. The number of hydrogen-bond acceptors (Lipinski definition) is 1. The van der Waals surface area contributed by atoms with Crippen LogP contribution in [-0.4, -0.2) is 9.85 Å². The van der Waals surface area contributed by atoms with Gasteiger partial charge in [0.25, 0.3) is 0 Å². The van der Waals surface area contributed by atoms with Gasteiger partial charge in [0.1, 0.15) is 0 Å². The molecule has 0 aliphatic heterocycles. The molecule has 2 heteroatoms. The van der Waals surface area contributed by atoms with Crippen molar-refractivity contribution in [3.8, 4) is 0 Å². The van der Waals surface area contributed by atoms with Crippen molar-refractivity contribution in [3.63, 3.8) is 0 Å². The molecule has 1 heterocycles. The summed E-state index contributed by atoms with van der Waals surface area (Å²) in [7, 11) is 0. The van der Waals surface area contributed by atoms with E-state index in [1.54, 1.807) is 0 Å². The zero-order valence-corrected chi connectivity index (χ0v) is 12.6. The van der Waals surface area contributed by atoms with Crippen molar-refractivity contribution in [1.82, 2.24) is 4.98 Å². The van der Waals surface area contributed by atoms with Crippen molar-refractivity contribution >= 4 is 28.0 Å². The van der Waals surface area contributed by atoms with Crippen LogP contribution in [0.25, 0.3) is 10.9 Å². The molecule has 3 aromatic rings. The summed E-state index contributed by atoms with van der Waals surface area (Å²) in [6.07, 6.45) is 4.80. The molecule has 0 aliphatic rings. The number of para-hydroxylation sites is 1. The molecule has 1 unspecified atom stereocenters. The molecule has 1 nitrogen and oxygen atoms in total. The van der Waals surface area contributed by atoms with Gasteiger partial charge in [0, 0.05) is 33.4 Å². The molecule has 1 atom stereocenters. The largest absolute Gasteiger partial charge is 0.361 e. The first-order valence-corrected chi connectivity index (χ1v) is 7.47. The Morgan fingerprint density at radius 3 is 2.57 bits per heavy atom. The third-order valence-corrected chi connectivity index (χ3v) is 4.19. The van der Waals surface area contributed by atoms with E-state index in [1.807, 2.05) is 30.5 Å². The Hall–Kier alpha value is -2.19. The van der Waals surface area contributed by atoms with Crippen LogP contribution < -0.4 is 0 Å². The number of benzene rings is 2. The number of allylic oxidation sites excluding steroid dienone is 1. The SMILES string of the molecule is C=CC(CC(=S)c1c[nH]c2ccccc12)c1ccccc1. The lowest BCUT2D eigenvalue weighted by molar-refractivity contribution is 0.904. The van der Waals surface area contributed by atoms with E-state index < -0.39 is 0 Å². The van der Waals surface area contributed by atoms with Crippen molar-refractivity contribution in [3.05, 3.63) is 84.6 Å². The highest BCUT2D eigenvalue weighted by Gasteiger charge is 2.14. The Morgan fingerprint density at radius 2 is 1.81 bits per heavy atom. The fourth-order valence-corrected chi connectivity index (χ4v) is 3.00. The standard InChI is InChI=1S/C19H17NS/c1-2-14(15-8-4-3-5-9-15)12-19(21)17-13-20-18-11-7-6-10-16(17)18/h2-11,13-14,20H,1,12H2. The molecule has 0 bridgehead atoms. The fourth-order valence-electron chi connectivity index (χ4n) is 2.65. The van der Waals surface area contributed by atoms with Gasteiger partial charge < -0.3 is 4.98 Å². The Balaban J connectivity index is 1.87. The van der Waals surface area contributed by atoms with Gasteiger partial charge in [-0.05, 0) is 18.1 Å². The van der Waals surface area contributed by atoms with Gasteiger partial charge >= 0.3 is 0 Å². The molecule has 104 valence electrons. The Morgan fingerprint density at radius 1 is 1.10 bits per heavy atom. The van der Waals surface area contributed by atoms with Gasteiger partial charge in [-0.3, -0.25) is 0 Å². The number of hydrogen-bond donors (Lipinski definition) is 1. The molecule has 0 aliphatic carbocycles. The van der Waals surface area contributed by atoms with Crippen LogP contribution >= 0.6 is 12.2 Å². The number of aromatic amines is 1. The van der Waals surface area contributed by atoms with Gasteiger partial charge in [0.2, 0.25) is 0 Å². The summed E-state index contributed by atoms with van der Waals surface area (Å²) >= 11 is 5.68. The molecule has 0 saturated heterocycles. The normalized spacial score (nSPS) is 12.2.